The van der Waals surface area contributed by atoms with Crippen molar-refractivity contribution in [1.29, 1.82) is 0 Å². The largest absolute Gasteiger partial charge is 0.504 e. The first-order chi connectivity index (χ1) is 18.7. The number of quaternary nitrogens is 1. The molecule has 8 heteroatoms. The number of aliphatic hydroxyl groups is 1. The molecule has 2 aromatic rings. The van der Waals surface area contributed by atoms with E-state index in [2.05, 4.69) is 0 Å². The van der Waals surface area contributed by atoms with E-state index in [-0.39, 0.29) is 28.4 Å². The van der Waals surface area contributed by atoms with E-state index in [1.54, 1.807) is 37.3 Å². The Bertz CT molecular complexity index is 1370. The SMILES string of the molecule is COc1cccc(/C=C/C(=O)N(C)[C@@H]2CC[C@@]3(O)[C@H]4Cc5ccc(O)c6c5[C@@]3(CC[N+]4(O)CC3CC3)[C@H]2O6)c1. The molecule has 2 heterocycles. The molecular formula is C31H37N2O6+. The third kappa shape index (κ3) is 3.44. The van der Waals surface area contributed by atoms with Gasteiger partial charge in [-0.2, -0.15) is 4.65 Å². The molecule has 0 radical (unpaired) electrons. The Kier molecular flexibility index (Phi) is 5.41. The van der Waals surface area contributed by atoms with Gasteiger partial charge >= 0.3 is 0 Å². The summed E-state index contributed by atoms with van der Waals surface area (Å²) >= 11 is 0. The minimum absolute atomic E-state index is 0.0669. The highest BCUT2D eigenvalue weighted by Gasteiger charge is 2.77. The van der Waals surface area contributed by atoms with Gasteiger partial charge in [0.1, 0.15) is 30.5 Å². The standard InChI is InChI=1S/C31H36N2O6/c1-32(26(35)11-8-19-4-3-5-22(16-19)38-2)23-12-13-31(36)25-17-21-9-10-24(34)28-27(21)30(31,29(23)39-28)14-15-33(25,37)18-20-6-7-20/h3-5,8-11,16,20,23,25,29,36-37H,6-7,12-15,17-18H2,1-2H3/p+1/b11-8+/t23-,25-,29+,30+,31-,33?/m1/s1. The summed E-state index contributed by atoms with van der Waals surface area (Å²) in [5.74, 6) is 1.58. The van der Waals surface area contributed by atoms with Crippen LogP contribution in [0.2, 0.25) is 0 Å². The molecule has 6 atom stereocenters. The highest BCUT2D eigenvalue weighted by molar-refractivity contribution is 5.92. The lowest BCUT2D eigenvalue weighted by atomic mass is 9.48. The molecule has 3 aliphatic carbocycles. The van der Waals surface area contributed by atoms with E-state index in [4.69, 9.17) is 9.47 Å². The minimum Gasteiger partial charge on any atom is -0.504 e. The van der Waals surface area contributed by atoms with Crippen LogP contribution in [0.4, 0.5) is 0 Å². The summed E-state index contributed by atoms with van der Waals surface area (Å²) in [6.07, 6.45) is 7.17. The number of rotatable bonds is 6. The van der Waals surface area contributed by atoms with E-state index < -0.39 is 17.1 Å². The number of hydroxylamine groups is 3. The zero-order chi connectivity index (χ0) is 27.2. The molecule has 2 bridgehead atoms. The number of likely N-dealkylation sites (N-methyl/N-ethyl adjacent to an activating group) is 1. The van der Waals surface area contributed by atoms with Gasteiger partial charge in [0.2, 0.25) is 5.91 Å². The van der Waals surface area contributed by atoms with Crippen LogP contribution in [0.1, 0.15) is 48.8 Å². The lowest BCUT2D eigenvalue weighted by Crippen LogP contribution is -2.82. The molecule has 1 saturated heterocycles. The number of ether oxygens (including phenoxy) is 2. The normalized spacial score (nSPS) is 35.8. The molecule has 3 fully saturated rings. The van der Waals surface area contributed by atoms with E-state index in [1.807, 2.05) is 30.3 Å². The molecule has 2 aromatic carbocycles. The zero-order valence-electron chi connectivity index (χ0n) is 22.5. The second-order valence-corrected chi connectivity index (χ2v) is 12.4. The molecule has 0 aromatic heterocycles. The first kappa shape index (κ1) is 24.9. The second-order valence-electron chi connectivity index (χ2n) is 12.4. The van der Waals surface area contributed by atoms with Crippen molar-refractivity contribution in [2.24, 2.45) is 5.92 Å². The third-order valence-electron chi connectivity index (χ3n) is 10.4. The van der Waals surface area contributed by atoms with Gasteiger partial charge in [0.15, 0.2) is 17.5 Å². The maximum Gasteiger partial charge on any atom is 0.246 e. The number of carbonyl (C=O) groups excluding carboxylic acids is 1. The van der Waals surface area contributed by atoms with Gasteiger partial charge in [-0.25, -0.2) is 5.21 Å². The fourth-order valence-electron chi connectivity index (χ4n) is 8.35. The van der Waals surface area contributed by atoms with Crippen molar-refractivity contribution < 1.29 is 34.3 Å². The molecule has 2 aliphatic heterocycles. The van der Waals surface area contributed by atoms with Crippen molar-refractivity contribution in [2.45, 2.75) is 67.7 Å². The van der Waals surface area contributed by atoms with Crippen molar-refractivity contribution in [3.63, 3.8) is 0 Å². The Morgan fingerprint density at radius 1 is 1.23 bits per heavy atom. The topological polar surface area (TPSA) is 99.5 Å². The summed E-state index contributed by atoms with van der Waals surface area (Å²) in [5.41, 5.74) is 0.798. The van der Waals surface area contributed by atoms with Crippen molar-refractivity contribution in [3.05, 3.63) is 59.2 Å². The lowest BCUT2D eigenvalue weighted by molar-refractivity contribution is -1.13. The molecule has 8 nitrogen and oxygen atoms in total. The fourth-order valence-corrected chi connectivity index (χ4v) is 8.35. The summed E-state index contributed by atoms with van der Waals surface area (Å²) in [7, 11) is 3.40. The number of hydrogen-bond acceptors (Lipinski definition) is 6. The number of likely N-dealkylation sites (tertiary alicyclic amines) is 1. The molecule has 5 aliphatic rings. The van der Waals surface area contributed by atoms with Gasteiger partial charge in [-0.1, -0.05) is 18.2 Å². The molecule has 3 N–H and O–H groups in total. The summed E-state index contributed by atoms with van der Waals surface area (Å²) in [5, 5.41) is 35.5. The average molecular weight is 534 g/mol. The molecule has 1 amide bonds. The Balaban J connectivity index is 1.25. The van der Waals surface area contributed by atoms with Crippen LogP contribution in [-0.2, 0) is 16.6 Å². The summed E-state index contributed by atoms with van der Waals surface area (Å²) in [4.78, 5) is 15.2. The maximum atomic E-state index is 13.4. The number of hydrogen-bond donors (Lipinski definition) is 3. The van der Waals surface area contributed by atoms with Crippen LogP contribution in [0.5, 0.6) is 17.2 Å². The predicted octanol–water partition coefficient (Wildman–Crippen LogP) is 3.41. The third-order valence-corrected chi connectivity index (χ3v) is 10.4. The molecule has 1 unspecified atom stereocenters. The van der Waals surface area contributed by atoms with Gasteiger partial charge in [0.05, 0.1) is 18.6 Å². The van der Waals surface area contributed by atoms with Crippen molar-refractivity contribution in [2.75, 3.05) is 27.2 Å². The Morgan fingerprint density at radius 2 is 2.05 bits per heavy atom. The van der Waals surface area contributed by atoms with Crippen molar-refractivity contribution in [3.8, 4) is 17.2 Å². The quantitative estimate of drug-likeness (QED) is 0.389. The van der Waals surface area contributed by atoms with Gasteiger partial charge < -0.3 is 24.6 Å². The van der Waals surface area contributed by atoms with E-state index in [0.717, 1.165) is 35.3 Å². The number of amides is 1. The number of phenols is 1. The molecule has 7 rings (SSSR count). The first-order valence-electron chi connectivity index (χ1n) is 14.1. The smallest absolute Gasteiger partial charge is 0.246 e. The van der Waals surface area contributed by atoms with Crippen molar-refractivity contribution >= 4 is 12.0 Å². The Hall–Kier alpha value is -3.07. The van der Waals surface area contributed by atoms with Crippen LogP contribution in [0.25, 0.3) is 6.08 Å². The zero-order valence-corrected chi connectivity index (χ0v) is 22.5. The second kappa shape index (κ2) is 8.46. The van der Waals surface area contributed by atoms with Crippen LogP contribution >= 0.6 is 0 Å². The van der Waals surface area contributed by atoms with E-state index in [0.29, 0.717) is 50.4 Å². The van der Waals surface area contributed by atoms with Gasteiger partial charge in [0.25, 0.3) is 0 Å². The number of carbonyl (C=O) groups is 1. The minimum atomic E-state index is -1.19. The summed E-state index contributed by atoms with van der Waals surface area (Å²) < 4.78 is 11.8. The fraction of sp³-hybridized carbons (Fsp3) is 0.516. The Morgan fingerprint density at radius 3 is 2.82 bits per heavy atom. The van der Waals surface area contributed by atoms with Gasteiger partial charge in [0, 0.05) is 37.4 Å². The van der Waals surface area contributed by atoms with E-state index in [9.17, 15) is 20.2 Å². The molecule has 39 heavy (non-hydrogen) atoms. The number of aromatic hydroxyl groups is 1. The number of nitrogens with zero attached hydrogens (tertiary/aromatic N) is 2. The summed E-state index contributed by atoms with van der Waals surface area (Å²) in [6, 6.07) is 10.5. The predicted molar refractivity (Wildman–Crippen MR) is 144 cm³/mol. The lowest BCUT2D eigenvalue weighted by Gasteiger charge is -2.64. The first-order valence-corrected chi connectivity index (χ1v) is 14.1. The number of phenolic OH excluding ortho intramolecular Hbond substituents is 1. The Labute approximate surface area is 228 Å². The monoisotopic (exact) mass is 533 g/mol. The highest BCUT2D eigenvalue weighted by atomic mass is 16.6. The number of piperidine rings is 1. The van der Waals surface area contributed by atoms with Gasteiger partial charge in [-0.05, 0) is 61.1 Å². The summed E-state index contributed by atoms with van der Waals surface area (Å²) in [6.45, 7) is 1.20. The molecular weight excluding hydrogens is 496 g/mol. The average Bonchev–Trinajstić information content (AvgIpc) is 3.66. The van der Waals surface area contributed by atoms with Crippen LogP contribution in [0.15, 0.2) is 42.5 Å². The van der Waals surface area contributed by atoms with E-state index in [1.165, 1.54) is 0 Å². The van der Waals surface area contributed by atoms with E-state index >= 15 is 0 Å². The highest BCUT2D eigenvalue weighted by Crippen LogP contribution is 2.66. The maximum absolute atomic E-state index is 13.4. The van der Waals surface area contributed by atoms with Crippen LogP contribution < -0.4 is 9.47 Å². The van der Waals surface area contributed by atoms with Crippen LogP contribution in [0.3, 0.4) is 0 Å². The van der Waals surface area contributed by atoms with Crippen LogP contribution in [0, 0.1) is 5.92 Å². The molecule has 1 spiro atoms. The number of methoxy groups -OCH3 is 1. The van der Waals surface area contributed by atoms with Crippen LogP contribution in [-0.4, -0.2) is 81.9 Å². The van der Waals surface area contributed by atoms with Crippen molar-refractivity contribution in [1.82, 2.24) is 4.90 Å². The van der Waals surface area contributed by atoms with Gasteiger partial charge in [-0.15, -0.1) is 0 Å². The van der Waals surface area contributed by atoms with Gasteiger partial charge in [-0.3, -0.25) is 4.79 Å². The molecule has 2 saturated carbocycles. The molecule has 206 valence electrons. The number of benzene rings is 2.